The van der Waals surface area contributed by atoms with Crippen molar-refractivity contribution in [2.45, 2.75) is 61.7 Å². The molecule has 0 bridgehead atoms. The standard InChI is InChI=1S/C11H15F9OSi/c1-6(22-5-3-2-4-21-22)9(15,16)11(19,20)10(17,18)7(12)8(13)14/h6-8,22H,2-5H2,1H3. The van der Waals surface area contributed by atoms with Gasteiger partial charge >= 0.3 is 17.8 Å². The molecule has 0 aromatic rings. The summed E-state index contributed by atoms with van der Waals surface area (Å²) in [5.74, 6) is -17.8. The molecule has 22 heavy (non-hydrogen) atoms. The van der Waals surface area contributed by atoms with Crippen molar-refractivity contribution in [3.05, 3.63) is 0 Å². The van der Waals surface area contributed by atoms with Crippen LogP contribution in [0.1, 0.15) is 19.8 Å². The Bertz CT molecular complexity index is 371. The van der Waals surface area contributed by atoms with E-state index in [2.05, 4.69) is 0 Å². The average Bonchev–Trinajstić information content (AvgIpc) is 2.45. The van der Waals surface area contributed by atoms with Gasteiger partial charge in [0.25, 0.3) is 6.43 Å². The van der Waals surface area contributed by atoms with E-state index in [4.69, 9.17) is 4.43 Å². The van der Waals surface area contributed by atoms with E-state index in [-0.39, 0.29) is 12.7 Å². The fourth-order valence-corrected chi connectivity index (χ4v) is 5.03. The van der Waals surface area contributed by atoms with E-state index < -0.39 is 44.9 Å². The zero-order valence-corrected chi connectivity index (χ0v) is 12.6. The van der Waals surface area contributed by atoms with Crippen molar-refractivity contribution in [3.8, 4) is 0 Å². The van der Waals surface area contributed by atoms with Crippen molar-refractivity contribution in [2.75, 3.05) is 6.61 Å². The highest BCUT2D eigenvalue weighted by Crippen LogP contribution is 2.54. The highest BCUT2D eigenvalue weighted by Gasteiger charge is 2.77. The van der Waals surface area contributed by atoms with Gasteiger partial charge in [-0.3, -0.25) is 0 Å². The number of rotatable bonds is 6. The second-order valence-corrected chi connectivity index (χ2v) is 8.24. The maximum Gasteiger partial charge on any atom is 0.375 e. The lowest BCUT2D eigenvalue weighted by molar-refractivity contribution is -0.334. The number of hydrogen-bond donors (Lipinski definition) is 0. The van der Waals surface area contributed by atoms with E-state index in [1.54, 1.807) is 0 Å². The van der Waals surface area contributed by atoms with Gasteiger partial charge in [-0.2, -0.15) is 26.3 Å². The summed E-state index contributed by atoms with van der Waals surface area (Å²) in [4.78, 5) is 0. The summed E-state index contributed by atoms with van der Waals surface area (Å²) in [5, 5.41) is 0. The van der Waals surface area contributed by atoms with Crippen LogP contribution >= 0.6 is 0 Å². The van der Waals surface area contributed by atoms with Gasteiger partial charge in [0.05, 0.1) is 0 Å². The maximum atomic E-state index is 13.8. The minimum absolute atomic E-state index is 0.0576. The predicted octanol–water partition coefficient (Wildman–Crippen LogP) is 4.42. The molecule has 0 radical (unpaired) electrons. The summed E-state index contributed by atoms with van der Waals surface area (Å²) in [7, 11) is -2.95. The fourth-order valence-electron chi connectivity index (χ4n) is 2.23. The van der Waals surface area contributed by atoms with Crippen LogP contribution in [0.3, 0.4) is 0 Å². The molecule has 1 nitrogen and oxygen atoms in total. The van der Waals surface area contributed by atoms with Crippen molar-refractivity contribution in [1.29, 1.82) is 0 Å². The van der Waals surface area contributed by atoms with Gasteiger partial charge in [0.2, 0.25) is 6.17 Å². The van der Waals surface area contributed by atoms with Crippen molar-refractivity contribution in [2.24, 2.45) is 0 Å². The molecular formula is C11H15F9OSi. The van der Waals surface area contributed by atoms with Crippen LogP contribution in [-0.4, -0.2) is 46.0 Å². The first-order valence-electron chi connectivity index (χ1n) is 6.54. The topological polar surface area (TPSA) is 9.23 Å². The van der Waals surface area contributed by atoms with E-state index in [1.807, 2.05) is 0 Å². The summed E-state index contributed by atoms with van der Waals surface area (Å²) in [6.45, 7) is 0.670. The SMILES string of the molecule is CC([SiH]1CCCCO1)C(F)(F)C(F)(F)C(F)(F)C(F)C(F)F. The summed E-state index contributed by atoms with van der Waals surface area (Å²) in [6, 6.07) is 0.0757. The maximum absolute atomic E-state index is 13.8. The smallest absolute Gasteiger partial charge is 0.375 e. The lowest BCUT2D eigenvalue weighted by Gasteiger charge is -2.39. The third-order valence-corrected chi connectivity index (χ3v) is 6.92. The highest BCUT2D eigenvalue weighted by atomic mass is 28.3. The predicted molar refractivity (Wildman–Crippen MR) is 62.3 cm³/mol. The summed E-state index contributed by atoms with van der Waals surface area (Å²) >= 11 is 0. The first-order valence-corrected chi connectivity index (χ1v) is 8.50. The Labute approximate surface area is 122 Å². The van der Waals surface area contributed by atoms with Gasteiger partial charge in [0.15, 0.2) is 9.04 Å². The minimum Gasteiger partial charge on any atom is -0.420 e. The lowest BCUT2D eigenvalue weighted by atomic mass is 9.98. The largest absolute Gasteiger partial charge is 0.420 e. The second kappa shape index (κ2) is 6.58. The van der Waals surface area contributed by atoms with Gasteiger partial charge < -0.3 is 4.43 Å². The molecule has 0 spiro atoms. The highest BCUT2D eigenvalue weighted by molar-refractivity contribution is 6.54. The van der Waals surface area contributed by atoms with Crippen LogP contribution in [0.25, 0.3) is 0 Å². The van der Waals surface area contributed by atoms with Crippen LogP contribution in [0.5, 0.6) is 0 Å². The van der Waals surface area contributed by atoms with Crippen LogP contribution in [0.4, 0.5) is 39.5 Å². The zero-order valence-electron chi connectivity index (χ0n) is 11.4. The summed E-state index contributed by atoms with van der Waals surface area (Å²) in [6.07, 6.45) is -8.22. The third-order valence-electron chi connectivity index (χ3n) is 3.75. The van der Waals surface area contributed by atoms with Gasteiger partial charge in [-0.15, -0.1) is 0 Å². The molecule has 1 heterocycles. The van der Waals surface area contributed by atoms with Crippen molar-refractivity contribution < 1.29 is 43.9 Å². The van der Waals surface area contributed by atoms with E-state index in [0.717, 1.165) is 0 Å². The molecule has 0 aromatic heterocycles. The molecule has 1 rings (SSSR count). The normalized spacial score (nSPS) is 24.4. The molecule has 3 atom stereocenters. The first kappa shape index (κ1) is 19.6. The van der Waals surface area contributed by atoms with E-state index in [9.17, 15) is 39.5 Å². The fraction of sp³-hybridized carbons (Fsp3) is 1.00. The lowest BCUT2D eigenvalue weighted by Crippen LogP contribution is -2.62. The third kappa shape index (κ3) is 3.24. The van der Waals surface area contributed by atoms with Gasteiger partial charge in [-0.1, -0.05) is 13.3 Å². The van der Waals surface area contributed by atoms with E-state index in [1.165, 1.54) is 0 Å². The van der Waals surface area contributed by atoms with Gasteiger partial charge in [0.1, 0.15) is 0 Å². The minimum atomic E-state index is -6.25. The molecular weight excluding hydrogens is 347 g/mol. The average molecular weight is 362 g/mol. The Morgan fingerprint density at radius 2 is 1.45 bits per heavy atom. The molecule has 0 saturated carbocycles. The molecule has 1 fully saturated rings. The van der Waals surface area contributed by atoms with Crippen molar-refractivity contribution in [3.63, 3.8) is 0 Å². The molecule has 1 aliphatic heterocycles. The Morgan fingerprint density at radius 1 is 0.909 bits per heavy atom. The Balaban J connectivity index is 3.06. The monoisotopic (exact) mass is 362 g/mol. The summed E-state index contributed by atoms with van der Waals surface area (Å²) in [5.41, 5.74) is -2.25. The van der Waals surface area contributed by atoms with Crippen molar-refractivity contribution in [1.82, 2.24) is 0 Å². The molecule has 132 valence electrons. The quantitative estimate of drug-likeness (QED) is 0.502. The van der Waals surface area contributed by atoms with Gasteiger partial charge in [0, 0.05) is 12.1 Å². The van der Waals surface area contributed by atoms with Crippen LogP contribution < -0.4 is 0 Å². The number of halogens is 9. The molecule has 11 heteroatoms. The van der Waals surface area contributed by atoms with Crippen molar-refractivity contribution >= 4 is 9.04 Å². The molecule has 1 aliphatic rings. The number of alkyl halides is 9. The van der Waals surface area contributed by atoms with Crippen LogP contribution in [-0.2, 0) is 4.43 Å². The number of hydrogen-bond acceptors (Lipinski definition) is 1. The molecule has 3 unspecified atom stereocenters. The first-order chi connectivity index (χ1) is 9.87. The second-order valence-electron chi connectivity index (χ2n) is 5.25. The van der Waals surface area contributed by atoms with Gasteiger partial charge in [-0.25, -0.2) is 13.2 Å². The van der Waals surface area contributed by atoms with Gasteiger partial charge in [-0.05, 0) is 12.5 Å². The molecule has 0 amide bonds. The Hall–Kier alpha value is -0.453. The van der Waals surface area contributed by atoms with Crippen LogP contribution in [0.15, 0.2) is 0 Å². The molecule has 0 aliphatic carbocycles. The van der Waals surface area contributed by atoms with E-state index in [0.29, 0.717) is 19.8 Å². The molecule has 0 N–H and O–H groups in total. The Kier molecular flexibility index (Phi) is 5.86. The van der Waals surface area contributed by atoms with E-state index >= 15 is 0 Å². The molecule has 1 saturated heterocycles. The summed E-state index contributed by atoms with van der Waals surface area (Å²) < 4.78 is 122. The zero-order chi connectivity index (χ0) is 17.3. The molecule has 0 aromatic carbocycles. The Morgan fingerprint density at radius 3 is 1.86 bits per heavy atom. The van der Waals surface area contributed by atoms with Crippen LogP contribution in [0.2, 0.25) is 11.6 Å². The van der Waals surface area contributed by atoms with Crippen LogP contribution in [0, 0.1) is 0 Å².